The standard InChI is InChI=1S/C23H21N7O4S2/c1-24-18-10-9-17-22(28-18)35-23(27-17)29-21(31)20(30-34-13-19-25-11-2-12-26-19)14-3-5-15(6-4-14)36(32,33)16-7-8-16/h2-6,9-12,16H,7-8,13H2,1H3,(H,24,28)(H,27,29,31)/b30-20+. The number of amides is 1. The van der Waals surface area contributed by atoms with Gasteiger partial charge in [-0.25, -0.2) is 28.4 Å². The lowest BCUT2D eigenvalue weighted by Gasteiger charge is -2.08. The number of carbonyl (C=O) groups excluding carboxylic acids is 1. The van der Waals surface area contributed by atoms with Crippen LogP contribution < -0.4 is 10.6 Å². The molecule has 0 atom stereocenters. The van der Waals surface area contributed by atoms with Crippen molar-refractivity contribution in [3.63, 3.8) is 0 Å². The molecule has 5 rings (SSSR count). The number of thiazole rings is 1. The zero-order valence-electron chi connectivity index (χ0n) is 19.1. The van der Waals surface area contributed by atoms with Gasteiger partial charge in [0, 0.05) is 25.0 Å². The quantitative estimate of drug-likeness (QED) is 0.249. The molecule has 3 heterocycles. The number of nitrogens with zero attached hydrogens (tertiary/aromatic N) is 5. The predicted octanol–water partition coefficient (Wildman–Crippen LogP) is 3.02. The minimum atomic E-state index is -3.36. The summed E-state index contributed by atoms with van der Waals surface area (Å²) in [6.07, 6.45) is 4.48. The third-order valence-electron chi connectivity index (χ3n) is 5.34. The second-order valence-electron chi connectivity index (χ2n) is 7.89. The lowest BCUT2D eigenvalue weighted by Crippen LogP contribution is -2.24. The summed E-state index contributed by atoms with van der Waals surface area (Å²) >= 11 is 1.22. The highest BCUT2D eigenvalue weighted by atomic mass is 32.2. The van der Waals surface area contributed by atoms with Gasteiger partial charge in [-0.1, -0.05) is 28.6 Å². The number of hydrogen-bond acceptors (Lipinski definition) is 11. The van der Waals surface area contributed by atoms with Crippen LogP contribution >= 0.6 is 11.3 Å². The average molecular weight is 524 g/mol. The number of hydrogen-bond donors (Lipinski definition) is 2. The highest BCUT2D eigenvalue weighted by Crippen LogP contribution is 2.33. The van der Waals surface area contributed by atoms with Gasteiger partial charge in [0.25, 0.3) is 5.91 Å². The van der Waals surface area contributed by atoms with Crippen LogP contribution in [-0.4, -0.2) is 52.3 Å². The Labute approximate surface area is 210 Å². The summed E-state index contributed by atoms with van der Waals surface area (Å²) in [5.41, 5.74) is 0.970. The molecular formula is C23H21N7O4S2. The Morgan fingerprint density at radius 1 is 1.11 bits per heavy atom. The fourth-order valence-electron chi connectivity index (χ4n) is 3.32. The van der Waals surface area contributed by atoms with Crippen LogP contribution in [0.15, 0.2) is 64.9 Å². The first-order valence-corrected chi connectivity index (χ1v) is 13.4. The van der Waals surface area contributed by atoms with E-state index in [-0.39, 0.29) is 22.5 Å². The fourth-order valence-corrected chi connectivity index (χ4v) is 5.81. The van der Waals surface area contributed by atoms with Crippen molar-refractivity contribution in [2.75, 3.05) is 17.7 Å². The molecule has 4 aromatic rings. The van der Waals surface area contributed by atoms with Gasteiger partial charge in [0.15, 0.2) is 33.1 Å². The van der Waals surface area contributed by atoms with Crippen LogP contribution in [0, 0.1) is 0 Å². The Morgan fingerprint density at radius 2 is 1.86 bits per heavy atom. The Kier molecular flexibility index (Phi) is 6.57. The molecule has 11 nitrogen and oxygen atoms in total. The van der Waals surface area contributed by atoms with Crippen molar-refractivity contribution in [1.29, 1.82) is 0 Å². The van der Waals surface area contributed by atoms with Gasteiger partial charge in [-0.05, 0) is 43.2 Å². The number of sulfone groups is 1. The molecule has 0 unspecified atom stereocenters. The number of rotatable bonds is 9. The Hall–Kier alpha value is -3.97. The second kappa shape index (κ2) is 9.95. The van der Waals surface area contributed by atoms with Crippen LogP contribution in [0.1, 0.15) is 24.2 Å². The van der Waals surface area contributed by atoms with Crippen LogP contribution in [0.25, 0.3) is 10.3 Å². The minimum absolute atomic E-state index is 0.0515. The Bertz CT molecular complexity index is 1530. The highest BCUT2D eigenvalue weighted by Gasteiger charge is 2.36. The molecule has 1 aromatic carbocycles. The number of carbonyl (C=O) groups is 1. The third kappa shape index (κ3) is 5.16. The monoisotopic (exact) mass is 523 g/mol. The van der Waals surface area contributed by atoms with Gasteiger partial charge < -0.3 is 10.2 Å². The van der Waals surface area contributed by atoms with E-state index < -0.39 is 15.7 Å². The summed E-state index contributed by atoms with van der Waals surface area (Å²) < 4.78 is 25.1. The smallest absolute Gasteiger partial charge is 0.280 e. The van der Waals surface area contributed by atoms with Gasteiger partial charge in [-0.15, -0.1) is 0 Å². The van der Waals surface area contributed by atoms with E-state index in [0.717, 1.165) is 0 Å². The normalized spacial score (nSPS) is 14.0. The van der Waals surface area contributed by atoms with Crippen molar-refractivity contribution in [2.24, 2.45) is 5.16 Å². The van der Waals surface area contributed by atoms with Crippen molar-refractivity contribution in [3.8, 4) is 0 Å². The molecule has 1 amide bonds. The van der Waals surface area contributed by atoms with Gasteiger partial charge in [0.1, 0.15) is 16.2 Å². The molecule has 3 aromatic heterocycles. The molecule has 0 bridgehead atoms. The fraction of sp³-hybridized carbons (Fsp3) is 0.217. The predicted molar refractivity (Wildman–Crippen MR) is 136 cm³/mol. The molecule has 1 aliphatic rings. The van der Waals surface area contributed by atoms with E-state index in [9.17, 15) is 13.2 Å². The van der Waals surface area contributed by atoms with Crippen LogP contribution in [0.4, 0.5) is 10.9 Å². The van der Waals surface area contributed by atoms with Crippen LogP contribution in [-0.2, 0) is 26.1 Å². The van der Waals surface area contributed by atoms with Gasteiger partial charge >= 0.3 is 0 Å². The lowest BCUT2D eigenvalue weighted by atomic mass is 10.1. The number of nitrogens with one attached hydrogen (secondary N) is 2. The first kappa shape index (κ1) is 23.8. The van der Waals surface area contributed by atoms with Gasteiger partial charge in [0.2, 0.25) is 0 Å². The number of fused-ring (bicyclic) bond motifs is 1. The first-order valence-electron chi connectivity index (χ1n) is 11.0. The molecule has 2 N–H and O–H groups in total. The van der Waals surface area contributed by atoms with E-state index in [1.54, 1.807) is 37.6 Å². The first-order chi connectivity index (χ1) is 17.4. The number of oxime groups is 1. The van der Waals surface area contributed by atoms with Crippen molar-refractivity contribution >= 4 is 54.1 Å². The van der Waals surface area contributed by atoms with Crippen LogP contribution in [0.3, 0.4) is 0 Å². The molecule has 1 saturated carbocycles. The van der Waals surface area contributed by atoms with E-state index in [0.29, 0.717) is 45.5 Å². The molecule has 0 spiro atoms. The molecular weight excluding hydrogens is 502 g/mol. The van der Waals surface area contributed by atoms with Crippen molar-refractivity contribution < 1.29 is 18.0 Å². The summed E-state index contributed by atoms with van der Waals surface area (Å²) in [5, 5.41) is 9.74. The Morgan fingerprint density at radius 3 is 2.56 bits per heavy atom. The molecule has 13 heteroatoms. The molecule has 0 saturated heterocycles. The summed E-state index contributed by atoms with van der Waals surface area (Å²) in [6, 6.07) is 11.3. The van der Waals surface area contributed by atoms with E-state index in [1.807, 2.05) is 0 Å². The van der Waals surface area contributed by atoms with Gasteiger partial charge in [-0.2, -0.15) is 0 Å². The molecule has 1 fully saturated rings. The summed E-state index contributed by atoms with van der Waals surface area (Å²) in [4.78, 5) is 36.4. The second-order valence-corrected chi connectivity index (χ2v) is 11.1. The van der Waals surface area contributed by atoms with Crippen molar-refractivity contribution in [1.82, 2.24) is 19.9 Å². The van der Waals surface area contributed by atoms with E-state index in [2.05, 4.69) is 35.7 Å². The lowest BCUT2D eigenvalue weighted by molar-refractivity contribution is -0.110. The summed E-state index contributed by atoms with van der Waals surface area (Å²) in [6.45, 7) is -0.0520. The molecule has 184 valence electrons. The minimum Gasteiger partial charge on any atom is -0.387 e. The van der Waals surface area contributed by atoms with E-state index >= 15 is 0 Å². The molecule has 0 radical (unpaired) electrons. The maximum Gasteiger partial charge on any atom is 0.280 e. The van der Waals surface area contributed by atoms with Gasteiger partial charge in [-0.3, -0.25) is 10.1 Å². The molecule has 1 aliphatic carbocycles. The molecule has 0 aliphatic heterocycles. The van der Waals surface area contributed by atoms with E-state index in [4.69, 9.17) is 4.84 Å². The van der Waals surface area contributed by atoms with E-state index in [1.165, 1.54) is 35.6 Å². The number of aromatic nitrogens is 4. The zero-order valence-corrected chi connectivity index (χ0v) is 20.7. The van der Waals surface area contributed by atoms with Crippen molar-refractivity contribution in [2.45, 2.75) is 29.6 Å². The van der Waals surface area contributed by atoms with Crippen LogP contribution in [0.2, 0.25) is 0 Å². The number of pyridine rings is 1. The highest BCUT2D eigenvalue weighted by molar-refractivity contribution is 7.92. The topological polar surface area (TPSA) is 148 Å². The largest absolute Gasteiger partial charge is 0.387 e. The number of benzene rings is 1. The molecule has 36 heavy (non-hydrogen) atoms. The third-order valence-corrected chi connectivity index (χ3v) is 8.49. The maximum absolute atomic E-state index is 13.2. The Balaban J connectivity index is 1.41. The van der Waals surface area contributed by atoms with Crippen LogP contribution in [0.5, 0.6) is 0 Å². The maximum atomic E-state index is 13.2. The van der Waals surface area contributed by atoms with Crippen molar-refractivity contribution in [3.05, 3.63) is 66.2 Å². The summed E-state index contributed by atoms with van der Waals surface area (Å²) in [5.74, 6) is 0.503. The zero-order chi connectivity index (χ0) is 25.1. The summed E-state index contributed by atoms with van der Waals surface area (Å²) in [7, 11) is -1.59. The SMILES string of the molecule is CNc1ccc2nc(NC(=O)/C(=N/OCc3ncccn3)c3ccc(S(=O)(=O)C4CC4)cc3)sc2n1. The number of anilines is 2. The average Bonchev–Trinajstić information content (AvgIpc) is 3.68. The van der Waals surface area contributed by atoms with Gasteiger partial charge in [0.05, 0.1) is 10.1 Å².